The van der Waals surface area contributed by atoms with Crippen molar-refractivity contribution in [3.05, 3.63) is 40.4 Å². The molecular weight excluding hydrogens is 228 g/mol. The summed E-state index contributed by atoms with van der Waals surface area (Å²) in [5.41, 5.74) is 0.803. The molecular formula is C14H16N2O2. The van der Waals surface area contributed by atoms with E-state index >= 15 is 0 Å². The highest BCUT2D eigenvalue weighted by molar-refractivity contribution is 5.77. The van der Waals surface area contributed by atoms with E-state index < -0.39 is 0 Å². The second kappa shape index (κ2) is 4.53. The molecule has 0 bridgehead atoms. The van der Waals surface area contributed by atoms with Crippen LogP contribution in [-0.4, -0.2) is 22.3 Å². The third kappa shape index (κ3) is 1.93. The molecule has 2 heterocycles. The first-order valence-corrected chi connectivity index (χ1v) is 6.33. The molecule has 1 atom stereocenters. The second-order valence-electron chi connectivity index (χ2n) is 4.73. The molecule has 1 aliphatic heterocycles. The summed E-state index contributed by atoms with van der Waals surface area (Å²) >= 11 is 0. The molecule has 1 fully saturated rings. The maximum atomic E-state index is 12.4. The summed E-state index contributed by atoms with van der Waals surface area (Å²) < 4.78 is 7.33. The number of aryl methyl sites for hydroxylation is 1. The molecule has 4 heteroatoms. The van der Waals surface area contributed by atoms with E-state index in [0.717, 1.165) is 30.8 Å². The van der Waals surface area contributed by atoms with Crippen molar-refractivity contribution in [2.45, 2.75) is 32.4 Å². The zero-order valence-corrected chi connectivity index (χ0v) is 10.4. The van der Waals surface area contributed by atoms with Crippen LogP contribution in [0, 0.1) is 6.92 Å². The molecule has 0 aliphatic carbocycles. The van der Waals surface area contributed by atoms with Gasteiger partial charge < -0.3 is 4.74 Å². The Hall–Kier alpha value is -1.68. The molecule has 0 unspecified atom stereocenters. The van der Waals surface area contributed by atoms with E-state index in [0.29, 0.717) is 11.9 Å². The number of rotatable bonds is 2. The average Bonchev–Trinajstić information content (AvgIpc) is 2.87. The number of nitrogens with zero attached hydrogens (tertiary/aromatic N) is 2. The summed E-state index contributed by atoms with van der Waals surface area (Å²) in [4.78, 5) is 16.9. The standard InChI is InChI=1S/C14H16N2O2/c1-10-15-13-7-3-2-6-12(13)14(17)16(10)9-11-5-4-8-18-11/h2-3,6-7,11H,4-5,8-9H2,1H3/t11-/m1/s1. The number of para-hydroxylation sites is 1. The van der Waals surface area contributed by atoms with Gasteiger partial charge in [0, 0.05) is 6.61 Å². The fraction of sp³-hybridized carbons (Fsp3) is 0.429. The van der Waals surface area contributed by atoms with E-state index in [1.165, 1.54) is 0 Å². The highest BCUT2D eigenvalue weighted by atomic mass is 16.5. The Morgan fingerprint density at radius 2 is 2.28 bits per heavy atom. The molecule has 3 rings (SSSR count). The van der Waals surface area contributed by atoms with Gasteiger partial charge in [-0.25, -0.2) is 4.98 Å². The summed E-state index contributed by atoms with van der Waals surface area (Å²) in [5, 5.41) is 0.682. The van der Waals surface area contributed by atoms with Gasteiger partial charge in [0.15, 0.2) is 0 Å². The maximum Gasteiger partial charge on any atom is 0.261 e. The van der Waals surface area contributed by atoms with Gasteiger partial charge >= 0.3 is 0 Å². The largest absolute Gasteiger partial charge is 0.376 e. The van der Waals surface area contributed by atoms with E-state index in [-0.39, 0.29) is 11.7 Å². The Bertz CT molecular complexity index is 627. The van der Waals surface area contributed by atoms with E-state index in [2.05, 4.69) is 4.98 Å². The first kappa shape index (κ1) is 11.4. The third-order valence-electron chi connectivity index (χ3n) is 3.46. The SMILES string of the molecule is Cc1nc2ccccc2c(=O)n1C[C@H]1CCCO1. The molecule has 0 amide bonds. The lowest BCUT2D eigenvalue weighted by Gasteiger charge is -2.14. The van der Waals surface area contributed by atoms with Crippen LogP contribution in [0.4, 0.5) is 0 Å². The van der Waals surface area contributed by atoms with Gasteiger partial charge in [-0.2, -0.15) is 0 Å². The fourth-order valence-electron chi connectivity index (χ4n) is 2.49. The third-order valence-corrected chi connectivity index (χ3v) is 3.46. The highest BCUT2D eigenvalue weighted by Gasteiger charge is 2.18. The molecule has 2 aromatic rings. The summed E-state index contributed by atoms with van der Waals surface area (Å²) in [5.74, 6) is 0.759. The van der Waals surface area contributed by atoms with Crippen molar-refractivity contribution in [3.63, 3.8) is 0 Å². The van der Waals surface area contributed by atoms with Gasteiger partial charge in [0.05, 0.1) is 23.6 Å². The minimum Gasteiger partial charge on any atom is -0.376 e. The van der Waals surface area contributed by atoms with Gasteiger partial charge in [0.25, 0.3) is 5.56 Å². The highest BCUT2D eigenvalue weighted by Crippen LogP contribution is 2.15. The van der Waals surface area contributed by atoms with Crippen molar-refractivity contribution in [2.24, 2.45) is 0 Å². The molecule has 1 aromatic heterocycles. The molecule has 1 aromatic carbocycles. The van der Waals surface area contributed by atoms with E-state index in [9.17, 15) is 4.79 Å². The van der Waals surface area contributed by atoms with Crippen molar-refractivity contribution in [3.8, 4) is 0 Å². The number of benzene rings is 1. The van der Waals surface area contributed by atoms with Gasteiger partial charge in [-0.3, -0.25) is 9.36 Å². The van der Waals surface area contributed by atoms with Gasteiger partial charge in [-0.1, -0.05) is 12.1 Å². The number of hydrogen-bond donors (Lipinski definition) is 0. The smallest absolute Gasteiger partial charge is 0.261 e. The van der Waals surface area contributed by atoms with Crippen molar-refractivity contribution in [1.82, 2.24) is 9.55 Å². The minimum atomic E-state index is 0.0357. The molecule has 18 heavy (non-hydrogen) atoms. The molecule has 0 radical (unpaired) electrons. The Morgan fingerprint density at radius 3 is 3.06 bits per heavy atom. The Balaban J connectivity index is 2.07. The van der Waals surface area contributed by atoms with Crippen LogP contribution in [0.5, 0.6) is 0 Å². The number of ether oxygens (including phenoxy) is 1. The van der Waals surface area contributed by atoms with Crippen LogP contribution in [0.2, 0.25) is 0 Å². The maximum absolute atomic E-state index is 12.4. The van der Waals surface area contributed by atoms with Crippen LogP contribution >= 0.6 is 0 Å². The van der Waals surface area contributed by atoms with E-state index in [1.807, 2.05) is 31.2 Å². The molecule has 0 saturated carbocycles. The molecule has 94 valence electrons. The van der Waals surface area contributed by atoms with E-state index in [4.69, 9.17) is 4.74 Å². The summed E-state index contributed by atoms with van der Waals surface area (Å²) in [6.07, 6.45) is 2.27. The Kier molecular flexibility index (Phi) is 2.88. The first-order chi connectivity index (χ1) is 8.75. The molecule has 4 nitrogen and oxygen atoms in total. The number of hydrogen-bond acceptors (Lipinski definition) is 3. The zero-order chi connectivity index (χ0) is 12.5. The number of fused-ring (bicyclic) bond motifs is 1. The van der Waals surface area contributed by atoms with Crippen molar-refractivity contribution >= 4 is 10.9 Å². The molecule has 1 aliphatic rings. The lowest BCUT2D eigenvalue weighted by atomic mass is 10.2. The minimum absolute atomic E-state index is 0.0357. The lowest BCUT2D eigenvalue weighted by Crippen LogP contribution is -2.29. The molecule has 0 N–H and O–H groups in total. The van der Waals surface area contributed by atoms with Crippen molar-refractivity contribution in [2.75, 3.05) is 6.61 Å². The normalized spacial score (nSPS) is 19.5. The summed E-state index contributed by atoms with van der Waals surface area (Å²) in [7, 11) is 0. The second-order valence-corrected chi connectivity index (χ2v) is 4.73. The van der Waals surface area contributed by atoms with Gasteiger partial charge in [-0.05, 0) is 31.9 Å². The van der Waals surface area contributed by atoms with E-state index in [1.54, 1.807) is 4.57 Å². The van der Waals surface area contributed by atoms with Crippen molar-refractivity contribution in [1.29, 1.82) is 0 Å². The number of aromatic nitrogens is 2. The zero-order valence-electron chi connectivity index (χ0n) is 10.4. The van der Waals surface area contributed by atoms with Crippen LogP contribution in [0.3, 0.4) is 0 Å². The van der Waals surface area contributed by atoms with Gasteiger partial charge in [-0.15, -0.1) is 0 Å². The van der Waals surface area contributed by atoms with Gasteiger partial charge in [0.2, 0.25) is 0 Å². The predicted octanol–water partition coefficient (Wildman–Crippen LogP) is 1.88. The summed E-state index contributed by atoms with van der Waals surface area (Å²) in [6.45, 7) is 3.30. The van der Waals surface area contributed by atoms with Crippen LogP contribution < -0.4 is 5.56 Å². The quantitative estimate of drug-likeness (QED) is 0.810. The van der Waals surface area contributed by atoms with Crippen LogP contribution in [-0.2, 0) is 11.3 Å². The van der Waals surface area contributed by atoms with Crippen molar-refractivity contribution < 1.29 is 4.74 Å². The van der Waals surface area contributed by atoms with Crippen LogP contribution in [0.15, 0.2) is 29.1 Å². The van der Waals surface area contributed by atoms with Crippen LogP contribution in [0.25, 0.3) is 10.9 Å². The molecule has 0 spiro atoms. The molecule has 1 saturated heterocycles. The monoisotopic (exact) mass is 244 g/mol. The predicted molar refractivity (Wildman–Crippen MR) is 69.7 cm³/mol. The first-order valence-electron chi connectivity index (χ1n) is 6.33. The average molecular weight is 244 g/mol. The topological polar surface area (TPSA) is 44.1 Å². The fourth-order valence-corrected chi connectivity index (χ4v) is 2.49. The lowest BCUT2D eigenvalue weighted by molar-refractivity contribution is 0.0955. The van der Waals surface area contributed by atoms with Gasteiger partial charge in [0.1, 0.15) is 5.82 Å². The Morgan fingerprint density at radius 1 is 1.44 bits per heavy atom. The Labute approximate surface area is 105 Å². The summed E-state index contributed by atoms with van der Waals surface area (Å²) in [6, 6.07) is 7.48. The van der Waals surface area contributed by atoms with Crippen LogP contribution in [0.1, 0.15) is 18.7 Å².